The first kappa shape index (κ1) is 8.74. The smallest absolute Gasteiger partial charge is 0.134 e. The Morgan fingerprint density at radius 1 is 1.29 bits per heavy atom. The highest BCUT2D eigenvalue weighted by atomic mass is 15.3. The Kier molecular flexibility index (Phi) is 1.96. The van der Waals surface area contributed by atoms with E-state index in [1.165, 1.54) is 0 Å². The van der Waals surface area contributed by atoms with Crippen LogP contribution in [0.3, 0.4) is 0 Å². The molecule has 4 heteroatoms. The van der Waals surface area contributed by atoms with Crippen LogP contribution in [0, 0.1) is 13.8 Å². The zero-order valence-electron chi connectivity index (χ0n) is 8.23. The molecule has 0 aliphatic carbocycles. The zero-order chi connectivity index (χ0) is 10.1. The van der Waals surface area contributed by atoms with Crippen LogP contribution < -0.4 is 5.73 Å². The van der Waals surface area contributed by atoms with E-state index in [2.05, 4.69) is 10.2 Å². The number of hydrogen-bond acceptors (Lipinski definition) is 3. The normalized spacial score (nSPS) is 10.4. The summed E-state index contributed by atoms with van der Waals surface area (Å²) in [6.45, 7) is 3.95. The maximum absolute atomic E-state index is 5.73. The van der Waals surface area contributed by atoms with Crippen molar-refractivity contribution in [3.05, 3.63) is 35.9 Å². The van der Waals surface area contributed by atoms with Crippen molar-refractivity contribution >= 4 is 5.69 Å². The van der Waals surface area contributed by atoms with E-state index in [9.17, 15) is 0 Å². The topological polar surface area (TPSA) is 56.7 Å². The van der Waals surface area contributed by atoms with Crippen LogP contribution in [-0.4, -0.2) is 14.8 Å². The van der Waals surface area contributed by atoms with Gasteiger partial charge >= 0.3 is 0 Å². The third kappa shape index (κ3) is 1.35. The van der Waals surface area contributed by atoms with Crippen LogP contribution in [0.4, 0.5) is 5.69 Å². The number of rotatable bonds is 1. The molecule has 0 aliphatic rings. The molecule has 72 valence electrons. The highest BCUT2D eigenvalue weighted by Crippen LogP contribution is 2.17. The van der Waals surface area contributed by atoms with Crippen LogP contribution in [0.15, 0.2) is 24.5 Å². The quantitative estimate of drug-likeness (QED) is 0.689. The highest BCUT2D eigenvalue weighted by Gasteiger charge is 2.04. The van der Waals surface area contributed by atoms with Crippen LogP contribution in [0.25, 0.3) is 5.69 Å². The summed E-state index contributed by atoms with van der Waals surface area (Å²) in [6, 6.07) is 5.80. The molecular weight excluding hydrogens is 176 g/mol. The van der Waals surface area contributed by atoms with Crippen molar-refractivity contribution in [2.24, 2.45) is 0 Å². The lowest BCUT2D eigenvalue weighted by atomic mass is 10.2. The lowest BCUT2D eigenvalue weighted by molar-refractivity contribution is 0.961. The van der Waals surface area contributed by atoms with Gasteiger partial charge in [0.1, 0.15) is 12.2 Å². The van der Waals surface area contributed by atoms with Crippen molar-refractivity contribution in [3.63, 3.8) is 0 Å². The Morgan fingerprint density at radius 2 is 2.07 bits per heavy atom. The molecule has 1 aromatic carbocycles. The SMILES string of the molecule is Cc1ccc(N)cc1-n1cnnc1C. The Bertz CT molecular complexity index is 459. The Balaban J connectivity index is 2.62. The standard InChI is InChI=1S/C10H12N4/c1-7-3-4-9(11)5-10(7)14-6-12-13-8(14)2/h3-6H,11H2,1-2H3. The van der Waals surface area contributed by atoms with Gasteiger partial charge in [0, 0.05) is 5.69 Å². The van der Waals surface area contributed by atoms with Crippen LogP contribution >= 0.6 is 0 Å². The Morgan fingerprint density at radius 3 is 2.71 bits per heavy atom. The summed E-state index contributed by atoms with van der Waals surface area (Å²) in [7, 11) is 0. The van der Waals surface area contributed by atoms with E-state index in [0.29, 0.717) is 0 Å². The van der Waals surface area contributed by atoms with Crippen LogP contribution in [0.1, 0.15) is 11.4 Å². The van der Waals surface area contributed by atoms with Gasteiger partial charge in [0.05, 0.1) is 5.69 Å². The van der Waals surface area contributed by atoms with E-state index in [1.54, 1.807) is 6.33 Å². The van der Waals surface area contributed by atoms with Gasteiger partial charge < -0.3 is 5.73 Å². The molecule has 2 aromatic rings. The molecule has 0 radical (unpaired) electrons. The Hall–Kier alpha value is -1.84. The van der Waals surface area contributed by atoms with Gasteiger partial charge in [-0.1, -0.05) is 6.07 Å². The minimum absolute atomic E-state index is 0.749. The van der Waals surface area contributed by atoms with Crippen LogP contribution in [-0.2, 0) is 0 Å². The number of benzene rings is 1. The molecule has 0 unspecified atom stereocenters. The van der Waals surface area contributed by atoms with Crippen LogP contribution in [0.5, 0.6) is 0 Å². The fourth-order valence-corrected chi connectivity index (χ4v) is 1.42. The van der Waals surface area contributed by atoms with Gasteiger partial charge in [0.2, 0.25) is 0 Å². The summed E-state index contributed by atoms with van der Waals surface area (Å²) in [5, 5.41) is 7.78. The molecule has 2 rings (SSSR count). The second-order valence-corrected chi connectivity index (χ2v) is 3.29. The minimum Gasteiger partial charge on any atom is -0.399 e. The van der Waals surface area contributed by atoms with Gasteiger partial charge in [-0.25, -0.2) is 0 Å². The maximum atomic E-state index is 5.73. The molecule has 0 fully saturated rings. The first-order chi connectivity index (χ1) is 6.68. The van der Waals surface area contributed by atoms with Crippen molar-refractivity contribution in [2.45, 2.75) is 13.8 Å². The molecule has 4 nitrogen and oxygen atoms in total. The van der Waals surface area contributed by atoms with E-state index >= 15 is 0 Å². The van der Waals surface area contributed by atoms with Crippen molar-refractivity contribution in [1.82, 2.24) is 14.8 Å². The van der Waals surface area contributed by atoms with E-state index in [0.717, 1.165) is 22.8 Å². The average Bonchev–Trinajstić information content (AvgIpc) is 2.56. The molecule has 1 heterocycles. The van der Waals surface area contributed by atoms with Crippen molar-refractivity contribution in [1.29, 1.82) is 0 Å². The molecule has 0 spiro atoms. The number of nitrogens with zero attached hydrogens (tertiary/aromatic N) is 3. The van der Waals surface area contributed by atoms with Crippen molar-refractivity contribution in [3.8, 4) is 5.69 Å². The molecule has 0 atom stereocenters. The van der Waals surface area contributed by atoms with Crippen molar-refractivity contribution in [2.75, 3.05) is 5.73 Å². The summed E-state index contributed by atoms with van der Waals surface area (Å²) >= 11 is 0. The second kappa shape index (κ2) is 3.14. The fraction of sp³-hybridized carbons (Fsp3) is 0.200. The summed E-state index contributed by atoms with van der Waals surface area (Å²) < 4.78 is 1.92. The first-order valence-corrected chi connectivity index (χ1v) is 4.41. The van der Waals surface area contributed by atoms with E-state index in [1.807, 2.05) is 36.6 Å². The lowest BCUT2D eigenvalue weighted by Crippen LogP contribution is -1.99. The number of anilines is 1. The predicted molar refractivity (Wildman–Crippen MR) is 55.2 cm³/mol. The summed E-state index contributed by atoms with van der Waals surface area (Å²) in [6.07, 6.45) is 1.69. The van der Waals surface area contributed by atoms with Gasteiger partial charge in [-0.2, -0.15) is 0 Å². The molecule has 0 saturated heterocycles. The molecule has 2 N–H and O–H groups in total. The van der Waals surface area contributed by atoms with Gasteiger partial charge in [-0.15, -0.1) is 10.2 Å². The van der Waals surface area contributed by atoms with Gasteiger partial charge in [-0.05, 0) is 31.5 Å². The number of nitrogens with two attached hydrogens (primary N) is 1. The Labute approximate surface area is 82.4 Å². The minimum atomic E-state index is 0.749. The third-order valence-electron chi connectivity index (χ3n) is 2.21. The molecule has 0 aliphatic heterocycles. The highest BCUT2D eigenvalue weighted by molar-refractivity contribution is 5.52. The largest absolute Gasteiger partial charge is 0.399 e. The molecule has 1 aromatic heterocycles. The van der Waals surface area contributed by atoms with E-state index in [4.69, 9.17) is 5.73 Å². The molecular formula is C10H12N4. The number of hydrogen-bond donors (Lipinski definition) is 1. The number of aryl methyl sites for hydroxylation is 2. The lowest BCUT2D eigenvalue weighted by Gasteiger charge is -2.08. The molecule has 14 heavy (non-hydrogen) atoms. The number of aromatic nitrogens is 3. The van der Waals surface area contributed by atoms with E-state index in [-0.39, 0.29) is 0 Å². The third-order valence-corrected chi connectivity index (χ3v) is 2.21. The fourth-order valence-electron chi connectivity index (χ4n) is 1.42. The molecule has 0 amide bonds. The predicted octanol–water partition coefficient (Wildman–Crippen LogP) is 1.47. The average molecular weight is 188 g/mol. The van der Waals surface area contributed by atoms with Crippen LogP contribution in [0.2, 0.25) is 0 Å². The maximum Gasteiger partial charge on any atom is 0.134 e. The van der Waals surface area contributed by atoms with Gasteiger partial charge in [0.25, 0.3) is 0 Å². The summed E-state index contributed by atoms with van der Waals surface area (Å²) in [4.78, 5) is 0. The zero-order valence-corrected chi connectivity index (χ0v) is 8.23. The summed E-state index contributed by atoms with van der Waals surface area (Å²) in [5.41, 5.74) is 8.67. The van der Waals surface area contributed by atoms with Gasteiger partial charge in [0.15, 0.2) is 0 Å². The first-order valence-electron chi connectivity index (χ1n) is 4.41. The molecule has 0 bridgehead atoms. The summed E-state index contributed by atoms with van der Waals surface area (Å²) in [5.74, 6) is 0.860. The van der Waals surface area contributed by atoms with Crippen molar-refractivity contribution < 1.29 is 0 Å². The second-order valence-electron chi connectivity index (χ2n) is 3.29. The monoisotopic (exact) mass is 188 g/mol. The number of nitrogen functional groups attached to an aromatic ring is 1. The van der Waals surface area contributed by atoms with Gasteiger partial charge in [-0.3, -0.25) is 4.57 Å². The molecule has 0 saturated carbocycles. The van der Waals surface area contributed by atoms with E-state index < -0.39 is 0 Å².